The van der Waals surface area contributed by atoms with Gasteiger partial charge in [0, 0.05) is 13.1 Å². The van der Waals surface area contributed by atoms with Crippen LogP contribution in [0.5, 0.6) is 0 Å². The monoisotopic (exact) mass is 370 g/mol. The molecule has 2 aromatic rings. The molecule has 2 aromatic heterocycles. The van der Waals surface area contributed by atoms with E-state index in [1.54, 1.807) is 31.2 Å². The molecule has 0 aromatic carbocycles. The van der Waals surface area contributed by atoms with Crippen molar-refractivity contribution in [3.05, 3.63) is 59.1 Å². The van der Waals surface area contributed by atoms with Crippen LogP contribution in [0.2, 0.25) is 0 Å². The van der Waals surface area contributed by atoms with Gasteiger partial charge in [0.15, 0.2) is 11.5 Å². The van der Waals surface area contributed by atoms with E-state index in [2.05, 4.69) is 4.90 Å². The largest absolute Gasteiger partial charge is 0.503 e. The number of amides is 1. The molecule has 1 N–H and O–H groups in total. The number of aliphatic hydroxyl groups is 1. The third-order valence-electron chi connectivity index (χ3n) is 5.18. The highest BCUT2D eigenvalue weighted by atomic mass is 16.3. The van der Waals surface area contributed by atoms with Crippen LogP contribution in [0.3, 0.4) is 0 Å². The normalized spacial score (nSPS) is 20.9. The summed E-state index contributed by atoms with van der Waals surface area (Å²) in [5.74, 6) is -0.457. The Bertz CT molecular complexity index is 874. The number of hydrogen-bond donors (Lipinski definition) is 1. The van der Waals surface area contributed by atoms with E-state index in [-0.39, 0.29) is 11.3 Å². The number of nitrogens with zero attached hydrogens (tertiary/aromatic N) is 2. The fourth-order valence-corrected chi connectivity index (χ4v) is 3.80. The Kier molecular flexibility index (Phi) is 4.61. The van der Waals surface area contributed by atoms with Crippen molar-refractivity contribution in [2.24, 2.45) is 0 Å². The summed E-state index contributed by atoms with van der Waals surface area (Å²) in [7, 11) is 0. The highest BCUT2D eigenvalue weighted by Gasteiger charge is 2.45. The van der Waals surface area contributed by atoms with Crippen LogP contribution in [-0.4, -0.2) is 52.8 Å². The molecular formula is C20H22N2O5. The molecule has 0 spiro atoms. The van der Waals surface area contributed by atoms with Crippen LogP contribution in [-0.2, 0) is 4.79 Å². The van der Waals surface area contributed by atoms with Crippen molar-refractivity contribution in [1.82, 2.24) is 9.80 Å². The molecule has 1 unspecified atom stereocenters. The van der Waals surface area contributed by atoms with Gasteiger partial charge in [-0.2, -0.15) is 0 Å². The summed E-state index contributed by atoms with van der Waals surface area (Å²) >= 11 is 0. The Labute approximate surface area is 156 Å². The van der Waals surface area contributed by atoms with E-state index in [4.69, 9.17) is 8.83 Å². The first-order valence-corrected chi connectivity index (χ1v) is 9.17. The number of aryl methyl sites for hydroxylation is 1. The van der Waals surface area contributed by atoms with Crippen molar-refractivity contribution in [3.8, 4) is 0 Å². The molecule has 142 valence electrons. The van der Waals surface area contributed by atoms with E-state index in [1.165, 1.54) is 11.2 Å². The molecule has 2 aliphatic heterocycles. The minimum atomic E-state index is -0.756. The summed E-state index contributed by atoms with van der Waals surface area (Å²) in [6.45, 7) is 4.84. The smallest absolute Gasteiger partial charge is 0.290 e. The lowest BCUT2D eigenvalue weighted by atomic mass is 10.00. The predicted octanol–water partition coefficient (Wildman–Crippen LogP) is 2.86. The number of ketones is 1. The second-order valence-electron chi connectivity index (χ2n) is 6.97. The quantitative estimate of drug-likeness (QED) is 0.787. The third kappa shape index (κ3) is 3.19. The van der Waals surface area contributed by atoms with Crippen molar-refractivity contribution in [2.45, 2.75) is 25.8 Å². The van der Waals surface area contributed by atoms with E-state index >= 15 is 0 Å². The molecule has 27 heavy (non-hydrogen) atoms. The van der Waals surface area contributed by atoms with E-state index < -0.39 is 23.5 Å². The predicted molar refractivity (Wildman–Crippen MR) is 96.3 cm³/mol. The van der Waals surface area contributed by atoms with Gasteiger partial charge >= 0.3 is 0 Å². The molecule has 1 saturated heterocycles. The van der Waals surface area contributed by atoms with Crippen molar-refractivity contribution in [3.63, 3.8) is 0 Å². The fraction of sp³-hybridized carbons (Fsp3) is 0.400. The van der Waals surface area contributed by atoms with Crippen LogP contribution in [0.25, 0.3) is 0 Å². The molecular weight excluding hydrogens is 348 g/mol. The lowest BCUT2D eigenvalue weighted by molar-refractivity contribution is -0.129. The van der Waals surface area contributed by atoms with Crippen molar-refractivity contribution in [2.75, 3.05) is 26.2 Å². The van der Waals surface area contributed by atoms with Crippen LogP contribution in [0.1, 0.15) is 41.0 Å². The van der Waals surface area contributed by atoms with Gasteiger partial charge in [0.25, 0.3) is 5.91 Å². The first-order valence-electron chi connectivity index (χ1n) is 9.17. The average molecular weight is 370 g/mol. The number of carbonyl (C=O) groups excluding carboxylic acids is 2. The van der Waals surface area contributed by atoms with Gasteiger partial charge < -0.3 is 23.7 Å². The number of furan rings is 2. The van der Waals surface area contributed by atoms with Gasteiger partial charge in [0.1, 0.15) is 17.6 Å². The second kappa shape index (κ2) is 7.08. The minimum Gasteiger partial charge on any atom is -0.503 e. The van der Waals surface area contributed by atoms with E-state index in [0.29, 0.717) is 24.6 Å². The number of hydrogen-bond acceptors (Lipinski definition) is 6. The molecule has 0 aliphatic carbocycles. The van der Waals surface area contributed by atoms with Gasteiger partial charge in [0.2, 0.25) is 5.78 Å². The average Bonchev–Trinajstić information content (AvgIpc) is 3.43. The standard InChI is InChI=1S/C20H22N2O5/c1-13-6-7-15(27-13)18(23)16-17(14-5-4-12-26-14)22(20(25)19(16)24)11-10-21-8-2-3-9-21/h4-7,12,17,24H,2-3,8-11H2,1H3. The molecule has 7 nitrogen and oxygen atoms in total. The number of rotatable bonds is 6. The Balaban J connectivity index is 1.65. The molecule has 4 rings (SSSR count). The molecule has 0 bridgehead atoms. The molecule has 1 amide bonds. The van der Waals surface area contributed by atoms with Crippen molar-refractivity contribution >= 4 is 11.7 Å². The van der Waals surface area contributed by atoms with Gasteiger partial charge in [-0.1, -0.05) is 0 Å². The summed E-state index contributed by atoms with van der Waals surface area (Å²) in [5.41, 5.74) is 0.00530. The molecule has 7 heteroatoms. The first-order chi connectivity index (χ1) is 13.1. The molecule has 0 saturated carbocycles. The Morgan fingerprint density at radius 2 is 2.00 bits per heavy atom. The summed E-state index contributed by atoms with van der Waals surface area (Å²) in [6.07, 6.45) is 3.80. The number of likely N-dealkylation sites (tertiary alicyclic amines) is 1. The topological polar surface area (TPSA) is 87.1 Å². The lowest BCUT2D eigenvalue weighted by Crippen LogP contribution is -2.37. The number of carbonyl (C=O) groups is 2. The summed E-state index contributed by atoms with van der Waals surface area (Å²) < 4.78 is 10.9. The zero-order valence-corrected chi connectivity index (χ0v) is 15.2. The van der Waals surface area contributed by atoms with Crippen molar-refractivity contribution in [1.29, 1.82) is 0 Å². The fourth-order valence-electron chi connectivity index (χ4n) is 3.80. The first kappa shape index (κ1) is 17.6. The van der Waals surface area contributed by atoms with E-state index in [0.717, 1.165) is 25.9 Å². The van der Waals surface area contributed by atoms with E-state index in [1.807, 2.05) is 0 Å². The number of aliphatic hydroxyl groups excluding tert-OH is 1. The lowest BCUT2D eigenvalue weighted by Gasteiger charge is -2.26. The summed E-state index contributed by atoms with van der Waals surface area (Å²) in [6, 6.07) is 5.88. The maximum absolute atomic E-state index is 13.0. The van der Waals surface area contributed by atoms with Gasteiger partial charge in [-0.05, 0) is 57.1 Å². The van der Waals surface area contributed by atoms with Gasteiger partial charge in [-0.25, -0.2) is 0 Å². The van der Waals surface area contributed by atoms with Gasteiger partial charge in [0.05, 0.1) is 11.8 Å². The number of Topliss-reactive ketones (excluding diaryl/α,β-unsaturated/α-hetero) is 1. The summed E-state index contributed by atoms with van der Waals surface area (Å²) in [5, 5.41) is 10.5. The van der Waals surface area contributed by atoms with Crippen LogP contribution < -0.4 is 0 Å². The van der Waals surface area contributed by atoms with Crippen molar-refractivity contribution < 1.29 is 23.5 Å². The zero-order chi connectivity index (χ0) is 19.0. The minimum absolute atomic E-state index is 0.00530. The Morgan fingerprint density at radius 3 is 2.63 bits per heavy atom. The third-order valence-corrected chi connectivity index (χ3v) is 5.18. The maximum Gasteiger partial charge on any atom is 0.290 e. The molecule has 0 radical (unpaired) electrons. The molecule has 4 heterocycles. The van der Waals surface area contributed by atoms with Gasteiger partial charge in [-0.3, -0.25) is 9.59 Å². The molecule has 2 aliphatic rings. The highest BCUT2D eigenvalue weighted by Crippen LogP contribution is 2.39. The Hall–Kier alpha value is -2.80. The maximum atomic E-state index is 13.0. The van der Waals surface area contributed by atoms with Crippen LogP contribution >= 0.6 is 0 Å². The van der Waals surface area contributed by atoms with Gasteiger partial charge in [-0.15, -0.1) is 0 Å². The zero-order valence-electron chi connectivity index (χ0n) is 15.2. The van der Waals surface area contributed by atoms with Crippen LogP contribution in [0, 0.1) is 6.92 Å². The molecule has 1 atom stereocenters. The highest BCUT2D eigenvalue weighted by molar-refractivity contribution is 6.14. The Morgan fingerprint density at radius 1 is 1.22 bits per heavy atom. The van der Waals surface area contributed by atoms with Crippen LogP contribution in [0.4, 0.5) is 0 Å². The summed E-state index contributed by atoms with van der Waals surface area (Å²) in [4.78, 5) is 29.5. The SMILES string of the molecule is Cc1ccc(C(=O)C2=C(O)C(=O)N(CCN3CCCC3)C2c2ccco2)o1. The molecule has 1 fully saturated rings. The van der Waals surface area contributed by atoms with Crippen LogP contribution in [0.15, 0.2) is 50.7 Å². The van der Waals surface area contributed by atoms with E-state index in [9.17, 15) is 14.7 Å². The second-order valence-corrected chi connectivity index (χ2v) is 6.97.